The van der Waals surface area contributed by atoms with Gasteiger partial charge >= 0.3 is 0 Å². The molecule has 0 bridgehead atoms. The van der Waals surface area contributed by atoms with Crippen molar-refractivity contribution >= 4 is 33.4 Å². The second kappa shape index (κ2) is 5.06. The minimum atomic E-state index is -0.905. The molecule has 0 radical (unpaired) electrons. The second-order valence-corrected chi connectivity index (χ2v) is 5.34. The number of rotatable bonds is 2. The molecule has 2 rings (SSSR count). The van der Waals surface area contributed by atoms with Crippen LogP contribution in [0, 0.1) is 11.6 Å². The zero-order chi connectivity index (χ0) is 12.4. The van der Waals surface area contributed by atoms with Crippen molar-refractivity contribution in [2.75, 3.05) is 5.73 Å². The van der Waals surface area contributed by atoms with E-state index in [1.54, 1.807) is 12.1 Å². The standard InChI is InChI=1S/C12H8BrF2NS/c13-7-1-3-8(4-2-7)17-12-10(16)6-5-9(14)11(12)15/h1-6H,16H2. The van der Waals surface area contributed by atoms with E-state index in [1.165, 1.54) is 6.07 Å². The molecule has 0 aliphatic heterocycles. The Bertz CT molecular complexity index is 543. The summed E-state index contributed by atoms with van der Waals surface area (Å²) in [6.07, 6.45) is 0. The minimum Gasteiger partial charge on any atom is -0.398 e. The molecule has 2 aromatic carbocycles. The SMILES string of the molecule is Nc1ccc(F)c(F)c1Sc1ccc(Br)cc1. The topological polar surface area (TPSA) is 26.0 Å². The van der Waals surface area contributed by atoms with Gasteiger partial charge in [-0.2, -0.15) is 0 Å². The summed E-state index contributed by atoms with van der Waals surface area (Å²) < 4.78 is 27.5. The quantitative estimate of drug-likeness (QED) is 0.828. The van der Waals surface area contributed by atoms with Gasteiger partial charge in [-0.15, -0.1) is 0 Å². The van der Waals surface area contributed by atoms with E-state index in [4.69, 9.17) is 5.73 Å². The maximum Gasteiger partial charge on any atom is 0.174 e. The summed E-state index contributed by atoms with van der Waals surface area (Å²) in [5.41, 5.74) is 5.86. The Morgan fingerprint density at radius 2 is 1.65 bits per heavy atom. The molecule has 88 valence electrons. The number of nitrogen functional groups attached to an aromatic ring is 1. The van der Waals surface area contributed by atoms with Crippen LogP contribution in [0.5, 0.6) is 0 Å². The lowest BCUT2D eigenvalue weighted by atomic mass is 10.3. The lowest BCUT2D eigenvalue weighted by Crippen LogP contribution is -1.95. The van der Waals surface area contributed by atoms with E-state index in [1.807, 2.05) is 12.1 Å². The first-order valence-corrected chi connectivity index (χ1v) is 6.36. The molecule has 1 nitrogen and oxygen atoms in total. The first-order valence-electron chi connectivity index (χ1n) is 4.75. The van der Waals surface area contributed by atoms with Crippen LogP contribution < -0.4 is 5.73 Å². The van der Waals surface area contributed by atoms with E-state index < -0.39 is 11.6 Å². The molecule has 5 heteroatoms. The number of hydrogen-bond acceptors (Lipinski definition) is 2. The number of hydrogen-bond donors (Lipinski definition) is 1. The lowest BCUT2D eigenvalue weighted by Gasteiger charge is -2.07. The molecule has 17 heavy (non-hydrogen) atoms. The van der Waals surface area contributed by atoms with E-state index >= 15 is 0 Å². The van der Waals surface area contributed by atoms with E-state index in [9.17, 15) is 8.78 Å². The van der Waals surface area contributed by atoms with E-state index in [0.717, 1.165) is 27.2 Å². The average Bonchev–Trinajstić information content (AvgIpc) is 2.32. The summed E-state index contributed by atoms with van der Waals surface area (Å²) in [6.45, 7) is 0. The van der Waals surface area contributed by atoms with Gasteiger partial charge in [-0.25, -0.2) is 8.78 Å². The number of benzene rings is 2. The Labute approximate surface area is 110 Å². The normalized spacial score (nSPS) is 10.5. The molecular formula is C12H8BrF2NS. The van der Waals surface area contributed by atoms with Gasteiger partial charge in [-0.3, -0.25) is 0 Å². The molecule has 0 saturated heterocycles. The van der Waals surface area contributed by atoms with Crippen LogP contribution in [-0.2, 0) is 0 Å². The van der Waals surface area contributed by atoms with Crippen LogP contribution in [-0.4, -0.2) is 0 Å². The second-order valence-electron chi connectivity index (χ2n) is 3.34. The zero-order valence-electron chi connectivity index (χ0n) is 8.58. The van der Waals surface area contributed by atoms with Crippen LogP contribution in [0.1, 0.15) is 0 Å². The predicted molar refractivity (Wildman–Crippen MR) is 69.0 cm³/mol. The van der Waals surface area contributed by atoms with Crippen LogP contribution in [0.2, 0.25) is 0 Å². The number of halogens is 3. The fourth-order valence-corrected chi connectivity index (χ4v) is 2.42. The highest BCUT2D eigenvalue weighted by molar-refractivity contribution is 9.10. The lowest BCUT2D eigenvalue weighted by molar-refractivity contribution is 0.492. The molecule has 0 spiro atoms. The van der Waals surface area contributed by atoms with Crippen molar-refractivity contribution in [3.05, 3.63) is 52.5 Å². The van der Waals surface area contributed by atoms with Crippen molar-refractivity contribution in [1.29, 1.82) is 0 Å². The first-order chi connectivity index (χ1) is 8.08. The molecule has 2 N–H and O–H groups in total. The predicted octanol–water partition coefficient (Wildman–Crippen LogP) is 4.46. The van der Waals surface area contributed by atoms with E-state index in [2.05, 4.69) is 15.9 Å². The molecule has 2 aromatic rings. The zero-order valence-corrected chi connectivity index (χ0v) is 11.0. The third kappa shape index (κ3) is 2.79. The van der Waals surface area contributed by atoms with Crippen LogP contribution in [0.15, 0.2) is 50.7 Å². The molecule has 0 heterocycles. The monoisotopic (exact) mass is 315 g/mol. The van der Waals surface area contributed by atoms with Gasteiger partial charge in [0.15, 0.2) is 11.6 Å². The Hall–Kier alpha value is -1.07. The highest BCUT2D eigenvalue weighted by Crippen LogP contribution is 2.35. The van der Waals surface area contributed by atoms with Gasteiger partial charge in [-0.05, 0) is 36.4 Å². The molecule has 0 aliphatic rings. The maximum absolute atomic E-state index is 13.5. The van der Waals surface area contributed by atoms with Crippen LogP contribution in [0.4, 0.5) is 14.5 Å². The van der Waals surface area contributed by atoms with Gasteiger partial charge in [0.1, 0.15) is 0 Å². The highest BCUT2D eigenvalue weighted by Gasteiger charge is 2.13. The summed E-state index contributed by atoms with van der Waals surface area (Å²) >= 11 is 4.41. The van der Waals surface area contributed by atoms with Crippen LogP contribution in [0.25, 0.3) is 0 Å². The third-order valence-corrected chi connectivity index (χ3v) is 3.77. The maximum atomic E-state index is 13.5. The molecule has 0 unspecified atom stereocenters. The number of anilines is 1. The summed E-state index contributed by atoms with van der Waals surface area (Å²) in [5, 5.41) is 0. The van der Waals surface area contributed by atoms with Gasteiger partial charge in [0.2, 0.25) is 0 Å². The summed E-state index contributed by atoms with van der Waals surface area (Å²) in [4.78, 5) is 0.914. The summed E-state index contributed by atoms with van der Waals surface area (Å²) in [7, 11) is 0. The third-order valence-electron chi connectivity index (χ3n) is 2.11. The highest BCUT2D eigenvalue weighted by atomic mass is 79.9. The van der Waals surface area contributed by atoms with Crippen molar-refractivity contribution in [3.63, 3.8) is 0 Å². The molecule has 0 atom stereocenters. The average molecular weight is 316 g/mol. The van der Waals surface area contributed by atoms with Gasteiger partial charge in [-0.1, -0.05) is 27.7 Å². The fourth-order valence-electron chi connectivity index (χ4n) is 1.27. The largest absolute Gasteiger partial charge is 0.398 e. The van der Waals surface area contributed by atoms with Gasteiger partial charge in [0, 0.05) is 15.1 Å². The van der Waals surface area contributed by atoms with E-state index in [0.29, 0.717) is 0 Å². The Morgan fingerprint density at radius 3 is 2.29 bits per heavy atom. The van der Waals surface area contributed by atoms with Gasteiger partial charge in [0.25, 0.3) is 0 Å². The molecular weight excluding hydrogens is 308 g/mol. The fraction of sp³-hybridized carbons (Fsp3) is 0. The number of nitrogens with two attached hydrogens (primary N) is 1. The Morgan fingerprint density at radius 1 is 1.00 bits per heavy atom. The van der Waals surface area contributed by atoms with Crippen molar-refractivity contribution in [2.24, 2.45) is 0 Å². The van der Waals surface area contributed by atoms with Gasteiger partial charge < -0.3 is 5.73 Å². The van der Waals surface area contributed by atoms with Crippen molar-refractivity contribution in [3.8, 4) is 0 Å². The molecule has 0 aromatic heterocycles. The Balaban J connectivity index is 2.36. The van der Waals surface area contributed by atoms with Crippen LogP contribution in [0.3, 0.4) is 0 Å². The van der Waals surface area contributed by atoms with Crippen molar-refractivity contribution < 1.29 is 8.78 Å². The van der Waals surface area contributed by atoms with E-state index in [-0.39, 0.29) is 10.6 Å². The summed E-state index contributed by atoms with van der Waals surface area (Å²) in [6, 6.07) is 9.65. The van der Waals surface area contributed by atoms with Crippen molar-refractivity contribution in [1.82, 2.24) is 0 Å². The molecule has 0 fully saturated rings. The molecule has 0 saturated carbocycles. The van der Waals surface area contributed by atoms with Crippen LogP contribution >= 0.6 is 27.7 Å². The Kier molecular flexibility index (Phi) is 3.69. The van der Waals surface area contributed by atoms with Gasteiger partial charge in [0.05, 0.1) is 4.90 Å². The molecule has 0 amide bonds. The molecule has 0 aliphatic carbocycles. The smallest absolute Gasteiger partial charge is 0.174 e. The summed E-state index contributed by atoms with van der Waals surface area (Å²) in [5.74, 6) is -1.79. The minimum absolute atomic E-state index is 0.118. The first kappa shape index (κ1) is 12.4. The van der Waals surface area contributed by atoms with Crippen molar-refractivity contribution in [2.45, 2.75) is 9.79 Å².